The van der Waals surface area contributed by atoms with Gasteiger partial charge in [0.1, 0.15) is 11.6 Å². The number of hydrogen-bond donors (Lipinski definition) is 1. The summed E-state index contributed by atoms with van der Waals surface area (Å²) in [4.78, 5) is 14.7. The number of halogens is 2. The van der Waals surface area contributed by atoms with Crippen molar-refractivity contribution in [2.75, 3.05) is 5.75 Å². The molecule has 0 saturated heterocycles. The van der Waals surface area contributed by atoms with E-state index >= 15 is 0 Å². The molecule has 0 bridgehead atoms. The molecule has 1 aromatic heterocycles. The molecule has 0 amide bonds. The van der Waals surface area contributed by atoms with Crippen molar-refractivity contribution >= 4 is 17.7 Å². The lowest BCUT2D eigenvalue weighted by molar-refractivity contribution is -0.133. The maximum atomic E-state index is 13.7. The minimum atomic E-state index is -1.00. The van der Waals surface area contributed by atoms with Gasteiger partial charge in [-0.3, -0.25) is 9.36 Å². The van der Waals surface area contributed by atoms with E-state index < -0.39 is 17.6 Å². The highest BCUT2D eigenvalue weighted by molar-refractivity contribution is 7.99. The van der Waals surface area contributed by atoms with Crippen LogP contribution in [-0.4, -0.2) is 26.4 Å². The summed E-state index contributed by atoms with van der Waals surface area (Å²) in [7, 11) is 0. The van der Waals surface area contributed by atoms with Crippen LogP contribution in [0.3, 0.4) is 0 Å². The number of aromatic nitrogens is 2. The second-order valence-corrected chi connectivity index (χ2v) is 4.76. The fraction of sp³-hybridized carbons (Fsp3) is 0.167. The molecule has 0 saturated carbocycles. The van der Waals surface area contributed by atoms with Crippen LogP contribution in [0.5, 0.6) is 0 Å². The van der Waals surface area contributed by atoms with Gasteiger partial charge in [0.05, 0.1) is 17.1 Å². The van der Waals surface area contributed by atoms with Crippen LogP contribution in [0.2, 0.25) is 0 Å². The van der Waals surface area contributed by atoms with E-state index in [9.17, 15) is 13.6 Å². The third kappa shape index (κ3) is 3.11. The van der Waals surface area contributed by atoms with E-state index in [-0.39, 0.29) is 11.4 Å². The number of carbonyl (C=O) groups is 1. The van der Waals surface area contributed by atoms with E-state index in [2.05, 4.69) is 4.98 Å². The highest BCUT2D eigenvalue weighted by Gasteiger charge is 2.14. The first-order valence-corrected chi connectivity index (χ1v) is 6.32. The fourth-order valence-corrected chi connectivity index (χ4v) is 2.30. The number of aliphatic carboxylic acids is 1. The van der Waals surface area contributed by atoms with E-state index in [0.717, 1.165) is 30.0 Å². The Morgan fingerprint density at radius 3 is 2.89 bits per heavy atom. The number of rotatable bonds is 4. The van der Waals surface area contributed by atoms with Crippen LogP contribution in [0.15, 0.2) is 29.6 Å². The topological polar surface area (TPSA) is 55.1 Å². The smallest absolute Gasteiger partial charge is 0.313 e. The van der Waals surface area contributed by atoms with Crippen molar-refractivity contribution < 1.29 is 18.7 Å². The van der Waals surface area contributed by atoms with Crippen LogP contribution in [0.4, 0.5) is 8.78 Å². The summed E-state index contributed by atoms with van der Waals surface area (Å²) in [5, 5.41) is 8.96. The Labute approximate surface area is 112 Å². The van der Waals surface area contributed by atoms with Crippen molar-refractivity contribution in [1.29, 1.82) is 0 Å². The molecule has 0 unspecified atom stereocenters. The minimum Gasteiger partial charge on any atom is -0.481 e. The number of aryl methyl sites for hydroxylation is 1. The number of thioether (sulfide) groups is 1. The summed E-state index contributed by atoms with van der Waals surface area (Å²) in [5.41, 5.74) is 0.602. The molecule has 1 heterocycles. The van der Waals surface area contributed by atoms with Gasteiger partial charge in [-0.2, -0.15) is 0 Å². The first kappa shape index (κ1) is 13.5. The van der Waals surface area contributed by atoms with E-state index in [1.165, 1.54) is 10.8 Å². The summed E-state index contributed by atoms with van der Waals surface area (Å²) in [6.45, 7) is 1.69. The number of imidazole rings is 1. The third-order valence-electron chi connectivity index (χ3n) is 2.29. The Kier molecular flexibility index (Phi) is 3.84. The summed E-state index contributed by atoms with van der Waals surface area (Å²) < 4.78 is 28.2. The lowest BCUT2D eigenvalue weighted by atomic mass is 10.3. The van der Waals surface area contributed by atoms with Gasteiger partial charge < -0.3 is 5.11 Å². The van der Waals surface area contributed by atoms with Crippen molar-refractivity contribution in [2.24, 2.45) is 0 Å². The second kappa shape index (κ2) is 5.40. The molecule has 100 valence electrons. The molecule has 0 spiro atoms. The fourth-order valence-electron chi connectivity index (χ4n) is 1.55. The van der Waals surface area contributed by atoms with E-state index in [0.29, 0.717) is 10.9 Å². The zero-order chi connectivity index (χ0) is 14.0. The monoisotopic (exact) mass is 284 g/mol. The number of nitrogens with zero attached hydrogens (tertiary/aromatic N) is 2. The number of carboxylic acid groups (broad SMARTS) is 1. The molecule has 2 rings (SSSR count). The van der Waals surface area contributed by atoms with Gasteiger partial charge in [-0.15, -0.1) is 0 Å². The molecule has 0 aliphatic rings. The Morgan fingerprint density at radius 2 is 2.21 bits per heavy atom. The Morgan fingerprint density at radius 1 is 1.47 bits per heavy atom. The lowest BCUT2D eigenvalue weighted by Crippen LogP contribution is -2.03. The van der Waals surface area contributed by atoms with Crippen molar-refractivity contribution in [1.82, 2.24) is 9.55 Å². The molecule has 0 atom stereocenters. The van der Waals surface area contributed by atoms with Crippen molar-refractivity contribution in [3.63, 3.8) is 0 Å². The molecule has 1 N–H and O–H groups in total. The second-order valence-electron chi connectivity index (χ2n) is 3.81. The number of carboxylic acids is 1. The van der Waals surface area contributed by atoms with Crippen LogP contribution >= 0.6 is 11.8 Å². The van der Waals surface area contributed by atoms with Crippen molar-refractivity contribution in [2.45, 2.75) is 12.1 Å². The van der Waals surface area contributed by atoms with E-state index in [4.69, 9.17) is 5.11 Å². The summed E-state index contributed by atoms with van der Waals surface area (Å²) in [6, 6.07) is 3.08. The molecule has 4 nitrogen and oxygen atoms in total. The Hall–Kier alpha value is -1.89. The molecule has 0 radical (unpaired) electrons. The highest BCUT2D eigenvalue weighted by Crippen LogP contribution is 2.24. The van der Waals surface area contributed by atoms with Gasteiger partial charge in [0.15, 0.2) is 5.16 Å². The maximum Gasteiger partial charge on any atom is 0.313 e. The number of hydrogen-bond acceptors (Lipinski definition) is 3. The average Bonchev–Trinajstić information content (AvgIpc) is 2.71. The van der Waals surface area contributed by atoms with Gasteiger partial charge in [-0.05, 0) is 19.1 Å². The van der Waals surface area contributed by atoms with Gasteiger partial charge in [0.2, 0.25) is 0 Å². The lowest BCUT2D eigenvalue weighted by Gasteiger charge is -2.07. The average molecular weight is 284 g/mol. The maximum absolute atomic E-state index is 13.7. The summed E-state index contributed by atoms with van der Waals surface area (Å²) >= 11 is 0.949. The first-order chi connectivity index (χ1) is 8.97. The van der Waals surface area contributed by atoms with Crippen LogP contribution in [0.1, 0.15) is 5.69 Å². The predicted octanol–water partition coefficient (Wildman–Crippen LogP) is 2.64. The first-order valence-electron chi connectivity index (χ1n) is 5.33. The molecule has 0 fully saturated rings. The quantitative estimate of drug-likeness (QED) is 0.877. The Bertz CT molecular complexity index is 628. The SMILES string of the molecule is Cc1cn(-c2cc(F)ccc2F)c(SCC(=O)O)n1. The van der Waals surface area contributed by atoms with Crippen molar-refractivity contribution in [3.8, 4) is 5.69 Å². The van der Waals surface area contributed by atoms with Gasteiger partial charge in [0.25, 0.3) is 0 Å². The van der Waals surface area contributed by atoms with Crippen LogP contribution in [0, 0.1) is 18.6 Å². The van der Waals surface area contributed by atoms with Gasteiger partial charge >= 0.3 is 5.97 Å². The molecule has 0 aliphatic carbocycles. The van der Waals surface area contributed by atoms with Crippen LogP contribution in [-0.2, 0) is 4.79 Å². The normalized spacial score (nSPS) is 10.7. The molecule has 7 heteroatoms. The number of benzene rings is 1. The Balaban J connectivity index is 2.43. The standard InChI is InChI=1S/C12H10F2N2O2S/c1-7-5-16(12(15-7)19-6-11(17)18)10-4-8(13)2-3-9(10)14/h2-5H,6H2,1H3,(H,17,18). The van der Waals surface area contributed by atoms with Gasteiger partial charge in [-0.1, -0.05) is 11.8 Å². The summed E-state index contributed by atoms with van der Waals surface area (Å²) in [5.74, 6) is -2.38. The molecular formula is C12H10F2N2O2S. The van der Waals surface area contributed by atoms with Crippen LogP contribution in [0.25, 0.3) is 5.69 Å². The van der Waals surface area contributed by atoms with Gasteiger partial charge in [0, 0.05) is 12.3 Å². The molecule has 1 aromatic carbocycles. The zero-order valence-electron chi connectivity index (χ0n) is 9.93. The largest absolute Gasteiger partial charge is 0.481 e. The highest BCUT2D eigenvalue weighted by atomic mass is 32.2. The molecule has 2 aromatic rings. The third-order valence-corrected chi connectivity index (χ3v) is 3.22. The van der Waals surface area contributed by atoms with E-state index in [1.807, 2.05) is 0 Å². The predicted molar refractivity (Wildman–Crippen MR) is 66.6 cm³/mol. The molecule has 19 heavy (non-hydrogen) atoms. The van der Waals surface area contributed by atoms with Gasteiger partial charge in [-0.25, -0.2) is 13.8 Å². The van der Waals surface area contributed by atoms with Crippen molar-refractivity contribution in [3.05, 3.63) is 41.7 Å². The van der Waals surface area contributed by atoms with Crippen LogP contribution < -0.4 is 0 Å². The minimum absolute atomic E-state index is 0.00786. The summed E-state index contributed by atoms with van der Waals surface area (Å²) in [6.07, 6.45) is 1.53. The zero-order valence-corrected chi connectivity index (χ0v) is 10.7. The molecular weight excluding hydrogens is 274 g/mol. The molecule has 0 aliphatic heterocycles. The van der Waals surface area contributed by atoms with E-state index in [1.54, 1.807) is 6.92 Å².